The number of hydrogen-bond donors (Lipinski definition) is 1. The molecule has 1 aliphatic heterocycles. The van der Waals surface area contributed by atoms with E-state index in [9.17, 15) is 13.2 Å². The minimum absolute atomic E-state index is 0.0697. The number of carbonyl (C=O) groups is 1. The van der Waals surface area contributed by atoms with Crippen molar-refractivity contribution in [2.75, 3.05) is 20.2 Å². The SMILES string of the molecule is CN(Cc1ccccc1)S(=O)(=O)c1ccc(C(=O)NCC2CCCO2)cc1. The van der Waals surface area contributed by atoms with Gasteiger partial charge in [0.15, 0.2) is 0 Å². The van der Waals surface area contributed by atoms with Gasteiger partial charge in [-0.2, -0.15) is 4.31 Å². The summed E-state index contributed by atoms with van der Waals surface area (Å²) in [7, 11) is -2.08. The van der Waals surface area contributed by atoms with E-state index in [1.54, 1.807) is 7.05 Å². The van der Waals surface area contributed by atoms with E-state index in [-0.39, 0.29) is 23.5 Å². The van der Waals surface area contributed by atoms with E-state index in [4.69, 9.17) is 4.74 Å². The smallest absolute Gasteiger partial charge is 0.251 e. The molecule has 1 atom stereocenters. The molecule has 7 heteroatoms. The largest absolute Gasteiger partial charge is 0.376 e. The summed E-state index contributed by atoms with van der Waals surface area (Å²) in [4.78, 5) is 12.4. The summed E-state index contributed by atoms with van der Waals surface area (Å²) < 4.78 is 32.2. The molecule has 1 unspecified atom stereocenters. The van der Waals surface area contributed by atoms with Crippen molar-refractivity contribution in [3.8, 4) is 0 Å². The number of sulfonamides is 1. The summed E-state index contributed by atoms with van der Waals surface area (Å²) in [5.41, 5.74) is 1.34. The zero-order valence-corrected chi connectivity index (χ0v) is 16.1. The van der Waals surface area contributed by atoms with Gasteiger partial charge in [-0.3, -0.25) is 4.79 Å². The Morgan fingerprint density at radius 2 is 1.85 bits per heavy atom. The molecule has 0 radical (unpaired) electrons. The number of amides is 1. The predicted molar refractivity (Wildman–Crippen MR) is 103 cm³/mol. The molecular weight excluding hydrogens is 364 g/mol. The van der Waals surface area contributed by atoms with Gasteiger partial charge in [-0.1, -0.05) is 30.3 Å². The first-order valence-corrected chi connectivity index (χ1v) is 10.4. The Hall–Kier alpha value is -2.22. The molecule has 6 nitrogen and oxygen atoms in total. The van der Waals surface area contributed by atoms with Crippen molar-refractivity contribution in [2.45, 2.75) is 30.4 Å². The predicted octanol–water partition coefficient (Wildman–Crippen LogP) is 2.42. The van der Waals surface area contributed by atoms with Gasteiger partial charge in [-0.15, -0.1) is 0 Å². The summed E-state index contributed by atoms with van der Waals surface area (Å²) in [5, 5.41) is 2.83. The number of nitrogens with zero attached hydrogens (tertiary/aromatic N) is 1. The fraction of sp³-hybridized carbons (Fsp3) is 0.350. The topological polar surface area (TPSA) is 75.7 Å². The third-order valence-corrected chi connectivity index (χ3v) is 6.40. The van der Waals surface area contributed by atoms with E-state index < -0.39 is 10.0 Å². The number of carbonyl (C=O) groups excluding carboxylic acids is 1. The lowest BCUT2D eigenvalue weighted by atomic mass is 10.2. The van der Waals surface area contributed by atoms with Crippen molar-refractivity contribution >= 4 is 15.9 Å². The minimum atomic E-state index is -3.62. The number of benzene rings is 2. The van der Waals surface area contributed by atoms with Crippen molar-refractivity contribution in [1.29, 1.82) is 0 Å². The van der Waals surface area contributed by atoms with Crippen LogP contribution in [0, 0.1) is 0 Å². The molecular formula is C20H24N2O4S. The number of nitrogens with one attached hydrogen (secondary N) is 1. The molecule has 0 bridgehead atoms. The van der Waals surface area contributed by atoms with E-state index in [0.717, 1.165) is 25.0 Å². The maximum absolute atomic E-state index is 12.7. The number of hydrogen-bond acceptors (Lipinski definition) is 4. The van der Waals surface area contributed by atoms with E-state index >= 15 is 0 Å². The second-order valence-electron chi connectivity index (χ2n) is 6.62. The molecule has 1 aliphatic rings. The van der Waals surface area contributed by atoms with Crippen LogP contribution in [0.4, 0.5) is 0 Å². The fourth-order valence-electron chi connectivity index (χ4n) is 3.00. The van der Waals surface area contributed by atoms with Gasteiger partial charge in [0.1, 0.15) is 0 Å². The van der Waals surface area contributed by atoms with Crippen molar-refractivity contribution in [1.82, 2.24) is 9.62 Å². The molecule has 2 aromatic carbocycles. The monoisotopic (exact) mass is 388 g/mol. The zero-order valence-electron chi connectivity index (χ0n) is 15.3. The molecule has 0 saturated carbocycles. The highest BCUT2D eigenvalue weighted by Gasteiger charge is 2.22. The molecule has 1 N–H and O–H groups in total. The third-order valence-electron chi connectivity index (χ3n) is 4.59. The van der Waals surface area contributed by atoms with Crippen molar-refractivity contribution in [3.63, 3.8) is 0 Å². The first-order chi connectivity index (χ1) is 13.0. The molecule has 0 spiro atoms. The van der Waals surface area contributed by atoms with Crippen LogP contribution in [0.2, 0.25) is 0 Å². The second-order valence-corrected chi connectivity index (χ2v) is 8.66. The lowest BCUT2D eigenvalue weighted by Gasteiger charge is -2.17. The highest BCUT2D eigenvalue weighted by Crippen LogP contribution is 2.18. The standard InChI is InChI=1S/C20H24N2O4S/c1-22(15-16-6-3-2-4-7-16)27(24,25)19-11-9-17(10-12-19)20(23)21-14-18-8-5-13-26-18/h2-4,6-7,9-12,18H,5,8,13-15H2,1H3,(H,21,23). The molecule has 3 rings (SSSR count). The van der Waals surface area contributed by atoms with Gasteiger partial charge < -0.3 is 10.1 Å². The summed E-state index contributed by atoms with van der Waals surface area (Å²) in [5.74, 6) is -0.230. The normalized spacial score (nSPS) is 17.2. The lowest BCUT2D eigenvalue weighted by Crippen LogP contribution is -2.31. The molecule has 1 heterocycles. The van der Waals surface area contributed by atoms with Crippen LogP contribution < -0.4 is 5.32 Å². The lowest BCUT2D eigenvalue weighted by molar-refractivity contribution is 0.0857. The summed E-state index contributed by atoms with van der Waals surface area (Å²) >= 11 is 0. The number of ether oxygens (including phenoxy) is 1. The Morgan fingerprint density at radius 3 is 2.48 bits per heavy atom. The Morgan fingerprint density at radius 1 is 1.15 bits per heavy atom. The molecule has 27 heavy (non-hydrogen) atoms. The van der Waals surface area contributed by atoms with E-state index in [0.29, 0.717) is 12.1 Å². The van der Waals surface area contributed by atoms with Gasteiger partial charge in [0.05, 0.1) is 11.0 Å². The average molecular weight is 388 g/mol. The highest BCUT2D eigenvalue weighted by molar-refractivity contribution is 7.89. The second kappa shape index (κ2) is 8.65. The summed E-state index contributed by atoms with van der Waals surface area (Å²) in [6, 6.07) is 15.4. The van der Waals surface area contributed by atoms with Crippen LogP contribution in [0.25, 0.3) is 0 Å². The van der Waals surface area contributed by atoms with Crippen molar-refractivity contribution in [2.24, 2.45) is 0 Å². The van der Waals surface area contributed by atoms with Gasteiger partial charge >= 0.3 is 0 Å². The molecule has 144 valence electrons. The van der Waals surface area contributed by atoms with E-state index in [2.05, 4.69) is 5.32 Å². The average Bonchev–Trinajstić information content (AvgIpc) is 3.20. The molecule has 2 aromatic rings. The number of rotatable bonds is 7. The third kappa shape index (κ3) is 4.94. The summed E-state index contributed by atoms with van der Waals surface area (Å²) in [6.45, 7) is 1.50. The maximum atomic E-state index is 12.7. The van der Waals surface area contributed by atoms with Gasteiger partial charge in [0.2, 0.25) is 10.0 Å². The summed E-state index contributed by atoms with van der Waals surface area (Å²) in [6.07, 6.45) is 2.04. The van der Waals surface area contributed by atoms with Gasteiger partial charge in [0, 0.05) is 32.3 Å². The first-order valence-electron chi connectivity index (χ1n) is 8.97. The molecule has 1 fully saturated rings. The van der Waals surface area contributed by atoms with Crippen LogP contribution in [0.1, 0.15) is 28.8 Å². The molecule has 1 amide bonds. The highest BCUT2D eigenvalue weighted by atomic mass is 32.2. The van der Waals surface area contributed by atoms with E-state index in [1.165, 1.54) is 28.6 Å². The molecule has 1 saturated heterocycles. The van der Waals surface area contributed by atoms with Crippen LogP contribution in [0.15, 0.2) is 59.5 Å². The van der Waals surface area contributed by atoms with Crippen LogP contribution in [0.3, 0.4) is 0 Å². The Labute approximate surface area is 160 Å². The Balaban J connectivity index is 1.63. The first kappa shape index (κ1) is 19.5. The quantitative estimate of drug-likeness (QED) is 0.790. The van der Waals surface area contributed by atoms with Crippen molar-refractivity contribution in [3.05, 3.63) is 65.7 Å². The molecule has 0 aromatic heterocycles. The van der Waals surface area contributed by atoms with Crippen LogP contribution in [-0.2, 0) is 21.3 Å². The molecule has 0 aliphatic carbocycles. The Bertz CT molecular complexity index is 861. The Kier molecular flexibility index (Phi) is 6.26. The van der Waals surface area contributed by atoms with Crippen molar-refractivity contribution < 1.29 is 17.9 Å². The fourth-order valence-corrected chi connectivity index (χ4v) is 4.16. The maximum Gasteiger partial charge on any atom is 0.251 e. The zero-order chi connectivity index (χ0) is 19.3. The van der Waals surface area contributed by atoms with E-state index in [1.807, 2.05) is 30.3 Å². The van der Waals surface area contributed by atoms with Crippen LogP contribution in [-0.4, -0.2) is 44.9 Å². The van der Waals surface area contributed by atoms with Gasteiger partial charge in [-0.25, -0.2) is 8.42 Å². The van der Waals surface area contributed by atoms with Gasteiger partial charge in [0.25, 0.3) is 5.91 Å². The van der Waals surface area contributed by atoms with Crippen LogP contribution >= 0.6 is 0 Å². The van der Waals surface area contributed by atoms with Crippen LogP contribution in [0.5, 0.6) is 0 Å². The minimum Gasteiger partial charge on any atom is -0.376 e. The van der Waals surface area contributed by atoms with Gasteiger partial charge in [-0.05, 0) is 42.7 Å².